The molecule has 2 atom stereocenters. The maximum atomic E-state index is 2.39. The van der Waals surface area contributed by atoms with E-state index in [4.69, 9.17) is 0 Å². The van der Waals surface area contributed by atoms with E-state index in [0.717, 1.165) is 17.8 Å². The van der Waals surface area contributed by atoms with Gasteiger partial charge in [0, 0.05) is 0 Å². The van der Waals surface area contributed by atoms with Crippen molar-refractivity contribution in [3.63, 3.8) is 0 Å². The first-order chi connectivity index (χ1) is 7.10. The first kappa shape index (κ1) is 15.0. The Morgan fingerprint density at radius 1 is 0.867 bits per heavy atom. The van der Waals surface area contributed by atoms with Crippen LogP contribution in [0.15, 0.2) is 0 Å². The lowest BCUT2D eigenvalue weighted by Gasteiger charge is -2.19. The van der Waals surface area contributed by atoms with Gasteiger partial charge in [-0.15, -0.1) is 0 Å². The molecular formula is C15H32. The number of hydrogen-bond donors (Lipinski definition) is 0. The monoisotopic (exact) mass is 212 g/mol. The van der Waals surface area contributed by atoms with E-state index in [9.17, 15) is 0 Å². The maximum absolute atomic E-state index is 2.39. The molecule has 0 amide bonds. The second-order valence-electron chi connectivity index (χ2n) is 5.73. The third-order valence-electron chi connectivity index (χ3n) is 3.51. The summed E-state index contributed by atoms with van der Waals surface area (Å²) >= 11 is 0. The Morgan fingerprint density at radius 2 is 1.53 bits per heavy atom. The van der Waals surface area contributed by atoms with E-state index in [1.807, 2.05) is 0 Å². The molecule has 0 aliphatic rings. The first-order valence-corrected chi connectivity index (χ1v) is 7.10. The van der Waals surface area contributed by atoms with Crippen LogP contribution >= 0.6 is 0 Å². The summed E-state index contributed by atoms with van der Waals surface area (Å²) in [5.74, 6) is 2.82. The molecule has 0 saturated carbocycles. The van der Waals surface area contributed by atoms with Crippen LogP contribution in [0.25, 0.3) is 0 Å². The minimum atomic E-state index is 0.880. The van der Waals surface area contributed by atoms with Gasteiger partial charge in [0.1, 0.15) is 0 Å². The van der Waals surface area contributed by atoms with Gasteiger partial charge in [-0.3, -0.25) is 0 Å². The molecule has 0 radical (unpaired) electrons. The van der Waals surface area contributed by atoms with Crippen molar-refractivity contribution in [2.45, 2.75) is 79.6 Å². The van der Waals surface area contributed by atoms with Gasteiger partial charge in [0.25, 0.3) is 0 Å². The molecular weight excluding hydrogens is 180 g/mol. The van der Waals surface area contributed by atoms with Crippen molar-refractivity contribution in [2.75, 3.05) is 0 Å². The quantitative estimate of drug-likeness (QED) is 0.462. The topological polar surface area (TPSA) is 0 Å². The van der Waals surface area contributed by atoms with E-state index in [1.54, 1.807) is 0 Å². The fraction of sp³-hybridized carbons (Fsp3) is 1.00. The summed E-state index contributed by atoms with van der Waals surface area (Å²) in [5.41, 5.74) is 0. The highest BCUT2D eigenvalue weighted by Crippen LogP contribution is 2.24. The van der Waals surface area contributed by atoms with Crippen molar-refractivity contribution < 1.29 is 0 Å². The average Bonchev–Trinajstić information content (AvgIpc) is 2.16. The Labute approximate surface area is 97.8 Å². The van der Waals surface area contributed by atoms with Crippen LogP contribution in [-0.4, -0.2) is 0 Å². The van der Waals surface area contributed by atoms with Gasteiger partial charge in [-0.25, -0.2) is 0 Å². The minimum absolute atomic E-state index is 0.880. The molecule has 0 aliphatic heterocycles. The van der Waals surface area contributed by atoms with E-state index in [2.05, 4.69) is 34.6 Å². The normalized spacial score (nSPS) is 15.6. The van der Waals surface area contributed by atoms with Crippen LogP contribution in [0, 0.1) is 17.8 Å². The van der Waals surface area contributed by atoms with Crippen molar-refractivity contribution in [1.29, 1.82) is 0 Å². The van der Waals surface area contributed by atoms with Crippen LogP contribution in [0.5, 0.6) is 0 Å². The first-order valence-electron chi connectivity index (χ1n) is 7.10. The fourth-order valence-electron chi connectivity index (χ4n) is 2.41. The molecule has 0 heteroatoms. The summed E-state index contributed by atoms with van der Waals surface area (Å²) in [6.07, 6.45) is 9.95. The molecule has 0 N–H and O–H groups in total. The standard InChI is InChI=1S/C15H32/c1-6-9-15(12-13(3)4)11-8-10-14(5)7-2/h13-15H,6-12H2,1-5H3. The Balaban J connectivity index is 3.65. The highest BCUT2D eigenvalue weighted by atomic mass is 14.2. The lowest BCUT2D eigenvalue weighted by molar-refractivity contribution is 0.338. The zero-order chi connectivity index (χ0) is 11.7. The summed E-state index contributed by atoms with van der Waals surface area (Å²) in [7, 11) is 0. The molecule has 0 aromatic carbocycles. The summed E-state index contributed by atoms with van der Waals surface area (Å²) in [5, 5.41) is 0. The SMILES string of the molecule is CCCC(CCCC(C)CC)CC(C)C. The van der Waals surface area contributed by atoms with Crippen LogP contribution in [0.1, 0.15) is 79.6 Å². The van der Waals surface area contributed by atoms with E-state index >= 15 is 0 Å². The smallest absolute Gasteiger partial charge is 0.0412 e. The van der Waals surface area contributed by atoms with Crippen molar-refractivity contribution in [2.24, 2.45) is 17.8 Å². The lowest BCUT2D eigenvalue weighted by Crippen LogP contribution is -2.05. The summed E-state index contributed by atoms with van der Waals surface area (Å²) in [4.78, 5) is 0. The molecule has 0 heterocycles. The summed E-state index contributed by atoms with van der Waals surface area (Å²) in [6, 6.07) is 0. The molecule has 0 rings (SSSR count). The van der Waals surface area contributed by atoms with Crippen LogP contribution in [-0.2, 0) is 0 Å². The second kappa shape index (κ2) is 9.24. The lowest BCUT2D eigenvalue weighted by atomic mass is 9.87. The van der Waals surface area contributed by atoms with Gasteiger partial charge in [-0.2, -0.15) is 0 Å². The average molecular weight is 212 g/mol. The second-order valence-corrected chi connectivity index (χ2v) is 5.73. The minimum Gasteiger partial charge on any atom is -0.0654 e. The number of hydrogen-bond acceptors (Lipinski definition) is 0. The van der Waals surface area contributed by atoms with E-state index < -0.39 is 0 Å². The van der Waals surface area contributed by atoms with Crippen molar-refractivity contribution in [3.8, 4) is 0 Å². The highest BCUT2D eigenvalue weighted by molar-refractivity contribution is 4.62. The zero-order valence-electron chi connectivity index (χ0n) is 11.7. The molecule has 0 saturated heterocycles. The van der Waals surface area contributed by atoms with Crippen LogP contribution in [0.4, 0.5) is 0 Å². The van der Waals surface area contributed by atoms with Gasteiger partial charge in [0.2, 0.25) is 0 Å². The third kappa shape index (κ3) is 8.96. The van der Waals surface area contributed by atoms with Crippen LogP contribution in [0.2, 0.25) is 0 Å². The molecule has 0 aromatic rings. The van der Waals surface area contributed by atoms with Gasteiger partial charge in [0.05, 0.1) is 0 Å². The molecule has 0 fully saturated rings. The molecule has 92 valence electrons. The Kier molecular flexibility index (Phi) is 9.24. The van der Waals surface area contributed by atoms with Crippen LogP contribution in [0.3, 0.4) is 0 Å². The molecule has 0 aromatic heterocycles. The van der Waals surface area contributed by atoms with Gasteiger partial charge < -0.3 is 0 Å². The van der Waals surface area contributed by atoms with Gasteiger partial charge in [0.15, 0.2) is 0 Å². The Morgan fingerprint density at radius 3 is 2.00 bits per heavy atom. The van der Waals surface area contributed by atoms with Crippen LogP contribution < -0.4 is 0 Å². The van der Waals surface area contributed by atoms with E-state index in [1.165, 1.54) is 44.9 Å². The van der Waals surface area contributed by atoms with Gasteiger partial charge in [-0.1, -0.05) is 73.1 Å². The molecule has 0 nitrogen and oxygen atoms in total. The predicted molar refractivity (Wildman–Crippen MR) is 71.2 cm³/mol. The van der Waals surface area contributed by atoms with Gasteiger partial charge in [-0.05, 0) is 24.2 Å². The Hall–Kier alpha value is 0. The number of rotatable bonds is 9. The third-order valence-corrected chi connectivity index (χ3v) is 3.51. The van der Waals surface area contributed by atoms with Crippen molar-refractivity contribution in [1.82, 2.24) is 0 Å². The largest absolute Gasteiger partial charge is 0.0654 e. The van der Waals surface area contributed by atoms with E-state index in [0.29, 0.717) is 0 Å². The summed E-state index contributed by atoms with van der Waals surface area (Å²) < 4.78 is 0. The molecule has 2 unspecified atom stereocenters. The maximum Gasteiger partial charge on any atom is -0.0412 e. The molecule has 0 aliphatic carbocycles. The van der Waals surface area contributed by atoms with Crippen molar-refractivity contribution >= 4 is 0 Å². The zero-order valence-corrected chi connectivity index (χ0v) is 11.7. The predicted octanol–water partition coefficient (Wildman–Crippen LogP) is 5.67. The van der Waals surface area contributed by atoms with Crippen molar-refractivity contribution in [3.05, 3.63) is 0 Å². The summed E-state index contributed by atoms with van der Waals surface area (Å²) in [6.45, 7) is 11.7. The fourth-order valence-corrected chi connectivity index (χ4v) is 2.41. The van der Waals surface area contributed by atoms with E-state index in [-0.39, 0.29) is 0 Å². The molecule has 15 heavy (non-hydrogen) atoms. The van der Waals surface area contributed by atoms with Gasteiger partial charge >= 0.3 is 0 Å². The highest BCUT2D eigenvalue weighted by Gasteiger charge is 2.10. The molecule has 0 bridgehead atoms. The molecule has 0 spiro atoms. The Bertz CT molecular complexity index is 126.